The minimum atomic E-state index is 0.587. The summed E-state index contributed by atoms with van der Waals surface area (Å²) in [5.41, 5.74) is 3.16. The third kappa shape index (κ3) is 2.85. The molecule has 1 saturated heterocycles. The molecule has 6 heteroatoms. The van der Waals surface area contributed by atoms with Gasteiger partial charge in [-0.25, -0.2) is 4.98 Å². The van der Waals surface area contributed by atoms with Crippen molar-refractivity contribution in [2.75, 3.05) is 25.0 Å². The zero-order valence-corrected chi connectivity index (χ0v) is 14.5. The number of hydrogen-bond donors (Lipinski definition) is 0. The van der Waals surface area contributed by atoms with E-state index in [0.717, 1.165) is 24.2 Å². The van der Waals surface area contributed by atoms with Crippen molar-refractivity contribution in [1.82, 2.24) is 20.1 Å². The molecule has 0 aromatic carbocycles. The van der Waals surface area contributed by atoms with Crippen LogP contribution in [0.3, 0.4) is 0 Å². The summed E-state index contributed by atoms with van der Waals surface area (Å²) in [6, 6.07) is 4.62. The van der Waals surface area contributed by atoms with E-state index in [2.05, 4.69) is 45.0 Å². The molecule has 0 amide bonds. The van der Waals surface area contributed by atoms with Gasteiger partial charge in [-0.05, 0) is 43.7 Å². The Kier molecular flexibility index (Phi) is 4.03. The van der Waals surface area contributed by atoms with Crippen LogP contribution in [0.2, 0.25) is 0 Å². The Balaban J connectivity index is 1.44. The van der Waals surface area contributed by atoms with Crippen molar-refractivity contribution in [2.24, 2.45) is 11.8 Å². The maximum absolute atomic E-state index is 4.38. The van der Waals surface area contributed by atoms with Crippen LogP contribution in [-0.4, -0.2) is 46.3 Å². The van der Waals surface area contributed by atoms with Crippen LogP contribution >= 0.6 is 11.3 Å². The third-order valence-electron chi connectivity index (χ3n) is 5.52. The number of rotatable bonds is 4. The molecule has 3 atom stereocenters. The minimum Gasteiger partial charge on any atom is -0.355 e. The summed E-state index contributed by atoms with van der Waals surface area (Å²) in [6.45, 7) is 5.60. The fourth-order valence-electron chi connectivity index (χ4n) is 4.27. The quantitative estimate of drug-likeness (QED) is 0.863. The highest BCUT2D eigenvalue weighted by molar-refractivity contribution is 7.09. The standard InChI is InChI=1S/C17H23N5S/c1-12-16(23-11-18-12)10-22-8-13-5-6-15(14(13)9-22)21(2)17-4-3-7-19-20-17/h3-4,7,11,13-15H,5-6,8-10H2,1-2H3/t13-,14+,15-/m1/s1. The van der Waals surface area contributed by atoms with Gasteiger partial charge in [-0.1, -0.05) is 0 Å². The third-order valence-corrected chi connectivity index (χ3v) is 6.44. The lowest BCUT2D eigenvalue weighted by Crippen LogP contribution is -2.38. The first-order chi connectivity index (χ1) is 11.2. The fraction of sp³-hybridized carbons (Fsp3) is 0.588. The molecule has 0 unspecified atom stereocenters. The van der Waals surface area contributed by atoms with Gasteiger partial charge in [-0.2, -0.15) is 5.10 Å². The first-order valence-electron chi connectivity index (χ1n) is 8.34. The van der Waals surface area contributed by atoms with Gasteiger partial charge in [0.15, 0.2) is 5.82 Å². The van der Waals surface area contributed by atoms with Crippen LogP contribution in [-0.2, 0) is 6.54 Å². The van der Waals surface area contributed by atoms with Gasteiger partial charge in [0.25, 0.3) is 0 Å². The van der Waals surface area contributed by atoms with Gasteiger partial charge >= 0.3 is 0 Å². The zero-order valence-electron chi connectivity index (χ0n) is 13.7. The van der Waals surface area contributed by atoms with E-state index in [1.54, 1.807) is 17.5 Å². The van der Waals surface area contributed by atoms with Crippen LogP contribution in [0.5, 0.6) is 0 Å². The maximum Gasteiger partial charge on any atom is 0.151 e. The van der Waals surface area contributed by atoms with Crippen LogP contribution in [0, 0.1) is 18.8 Å². The molecule has 4 rings (SSSR count). The molecule has 2 fully saturated rings. The molecular weight excluding hydrogens is 306 g/mol. The number of nitrogens with zero attached hydrogens (tertiary/aromatic N) is 5. The maximum atomic E-state index is 4.38. The number of fused-ring (bicyclic) bond motifs is 1. The second kappa shape index (κ2) is 6.17. The molecular formula is C17H23N5S. The van der Waals surface area contributed by atoms with Gasteiger partial charge in [-0.15, -0.1) is 16.4 Å². The summed E-state index contributed by atoms with van der Waals surface area (Å²) in [5.74, 6) is 2.57. The van der Waals surface area contributed by atoms with E-state index < -0.39 is 0 Å². The molecule has 1 saturated carbocycles. The number of likely N-dealkylation sites (tertiary alicyclic amines) is 1. The van der Waals surface area contributed by atoms with Crippen LogP contribution in [0.25, 0.3) is 0 Å². The Morgan fingerprint density at radius 2 is 2.26 bits per heavy atom. The molecule has 3 heterocycles. The monoisotopic (exact) mass is 329 g/mol. The Hall–Kier alpha value is -1.53. The van der Waals surface area contributed by atoms with E-state index in [1.165, 1.54) is 36.5 Å². The highest BCUT2D eigenvalue weighted by Gasteiger charge is 2.44. The number of anilines is 1. The van der Waals surface area contributed by atoms with Gasteiger partial charge in [-0.3, -0.25) is 4.90 Å². The van der Waals surface area contributed by atoms with Crippen LogP contribution in [0.1, 0.15) is 23.4 Å². The molecule has 1 aliphatic heterocycles. The molecule has 1 aliphatic carbocycles. The van der Waals surface area contributed by atoms with Crippen LogP contribution < -0.4 is 4.90 Å². The number of aromatic nitrogens is 3. The molecule has 2 aromatic heterocycles. The Morgan fingerprint density at radius 3 is 3.00 bits per heavy atom. The number of hydrogen-bond acceptors (Lipinski definition) is 6. The van der Waals surface area contributed by atoms with Gasteiger partial charge in [0, 0.05) is 43.8 Å². The zero-order chi connectivity index (χ0) is 15.8. The Bertz CT molecular complexity index is 658. The van der Waals surface area contributed by atoms with E-state index in [4.69, 9.17) is 0 Å². The number of aryl methyl sites for hydroxylation is 1. The first-order valence-corrected chi connectivity index (χ1v) is 9.22. The van der Waals surface area contributed by atoms with Crippen molar-refractivity contribution in [3.8, 4) is 0 Å². The van der Waals surface area contributed by atoms with Crippen molar-refractivity contribution in [1.29, 1.82) is 0 Å². The van der Waals surface area contributed by atoms with E-state index in [-0.39, 0.29) is 0 Å². The van der Waals surface area contributed by atoms with Crippen molar-refractivity contribution in [2.45, 2.75) is 32.4 Å². The molecule has 5 nitrogen and oxygen atoms in total. The molecule has 2 aliphatic rings. The lowest BCUT2D eigenvalue weighted by atomic mass is 9.97. The van der Waals surface area contributed by atoms with Gasteiger partial charge in [0.1, 0.15) is 0 Å². The summed E-state index contributed by atoms with van der Waals surface area (Å²) in [7, 11) is 2.17. The summed E-state index contributed by atoms with van der Waals surface area (Å²) < 4.78 is 0. The van der Waals surface area contributed by atoms with E-state index in [9.17, 15) is 0 Å². The Morgan fingerprint density at radius 1 is 1.35 bits per heavy atom. The minimum absolute atomic E-state index is 0.587. The number of thiazole rings is 1. The van der Waals surface area contributed by atoms with Gasteiger partial charge in [0.05, 0.1) is 11.2 Å². The van der Waals surface area contributed by atoms with Crippen LogP contribution in [0.4, 0.5) is 5.82 Å². The first kappa shape index (κ1) is 15.0. The molecule has 0 radical (unpaired) electrons. The van der Waals surface area contributed by atoms with Crippen molar-refractivity contribution >= 4 is 17.2 Å². The molecule has 0 N–H and O–H groups in total. The summed E-state index contributed by atoms with van der Waals surface area (Å²) in [4.78, 5) is 10.8. The van der Waals surface area contributed by atoms with E-state index in [0.29, 0.717) is 6.04 Å². The van der Waals surface area contributed by atoms with Crippen molar-refractivity contribution in [3.05, 3.63) is 34.4 Å². The van der Waals surface area contributed by atoms with Crippen molar-refractivity contribution < 1.29 is 0 Å². The molecule has 0 spiro atoms. The lowest BCUT2D eigenvalue weighted by molar-refractivity contribution is 0.298. The smallest absolute Gasteiger partial charge is 0.151 e. The predicted octanol–water partition coefficient (Wildman–Crippen LogP) is 2.59. The summed E-state index contributed by atoms with van der Waals surface area (Å²) in [6.07, 6.45) is 4.34. The highest BCUT2D eigenvalue weighted by atomic mass is 32.1. The molecule has 23 heavy (non-hydrogen) atoms. The van der Waals surface area contributed by atoms with Gasteiger partial charge < -0.3 is 4.90 Å². The van der Waals surface area contributed by atoms with Crippen LogP contribution in [0.15, 0.2) is 23.8 Å². The molecule has 2 aromatic rings. The SMILES string of the molecule is Cc1ncsc1CN1C[C@H]2CC[C@@H](N(C)c3cccnn3)[C@H]2C1. The summed E-state index contributed by atoms with van der Waals surface area (Å²) >= 11 is 1.79. The average Bonchev–Trinajstić information content (AvgIpc) is 3.25. The van der Waals surface area contributed by atoms with E-state index in [1.807, 2.05) is 11.6 Å². The second-order valence-electron chi connectivity index (χ2n) is 6.82. The van der Waals surface area contributed by atoms with Crippen molar-refractivity contribution in [3.63, 3.8) is 0 Å². The molecule has 0 bridgehead atoms. The topological polar surface area (TPSA) is 45.2 Å². The molecule has 122 valence electrons. The largest absolute Gasteiger partial charge is 0.355 e. The lowest BCUT2D eigenvalue weighted by Gasteiger charge is -2.30. The normalized spacial score (nSPS) is 27.3. The summed E-state index contributed by atoms with van der Waals surface area (Å²) in [5, 5.41) is 8.31. The van der Waals surface area contributed by atoms with E-state index >= 15 is 0 Å². The Labute approximate surface area is 141 Å². The second-order valence-corrected chi connectivity index (χ2v) is 7.76. The average molecular weight is 329 g/mol. The van der Waals surface area contributed by atoms with Gasteiger partial charge in [0.2, 0.25) is 0 Å². The predicted molar refractivity (Wildman–Crippen MR) is 92.6 cm³/mol. The highest BCUT2D eigenvalue weighted by Crippen LogP contribution is 2.41. The fourth-order valence-corrected chi connectivity index (χ4v) is 5.09.